The molecule has 2 heterocycles. The van der Waals surface area contributed by atoms with E-state index in [9.17, 15) is 9.59 Å². The van der Waals surface area contributed by atoms with E-state index in [1.54, 1.807) is 0 Å². The van der Waals surface area contributed by atoms with E-state index in [1.807, 2.05) is 0 Å². The van der Waals surface area contributed by atoms with Crippen LogP contribution in [0.15, 0.2) is 0 Å². The summed E-state index contributed by atoms with van der Waals surface area (Å²) in [5.41, 5.74) is 0. The normalized spacial score (nSPS) is 41.0. The van der Waals surface area contributed by atoms with Crippen molar-refractivity contribution >= 4 is 11.8 Å². The van der Waals surface area contributed by atoms with Crippen molar-refractivity contribution in [3.63, 3.8) is 0 Å². The second-order valence-electron chi connectivity index (χ2n) is 8.04. The predicted octanol–water partition coefficient (Wildman–Crippen LogP) is 2.33. The predicted molar refractivity (Wildman–Crippen MR) is 84.0 cm³/mol. The number of amides is 2. The third kappa shape index (κ3) is 2.65. The molecule has 4 nitrogen and oxygen atoms in total. The highest BCUT2D eigenvalue weighted by Crippen LogP contribution is 2.50. The molecular formula is C18H28N2O2. The molecule has 4 rings (SSSR count). The molecule has 2 saturated heterocycles. The molecule has 0 radical (unpaired) electrons. The first-order valence-electron chi connectivity index (χ1n) is 9.28. The summed E-state index contributed by atoms with van der Waals surface area (Å²) in [4.78, 5) is 26.3. The van der Waals surface area contributed by atoms with Gasteiger partial charge in [-0.3, -0.25) is 9.59 Å². The Morgan fingerprint density at radius 3 is 2.77 bits per heavy atom. The van der Waals surface area contributed by atoms with Crippen LogP contribution in [0.3, 0.4) is 0 Å². The molecule has 0 aromatic rings. The van der Waals surface area contributed by atoms with E-state index < -0.39 is 0 Å². The second kappa shape index (κ2) is 5.86. The monoisotopic (exact) mass is 304 g/mol. The molecule has 0 unspecified atom stereocenters. The minimum Gasteiger partial charge on any atom is -0.355 e. The van der Waals surface area contributed by atoms with Gasteiger partial charge in [-0.05, 0) is 62.7 Å². The maximum Gasteiger partial charge on any atom is 0.227 e. The number of carbonyl (C=O) groups excluding carboxylic acids is 2. The summed E-state index contributed by atoms with van der Waals surface area (Å²) in [6, 6.07) is 0.481. The maximum absolute atomic E-state index is 12.8. The van der Waals surface area contributed by atoms with Gasteiger partial charge in [0, 0.05) is 25.6 Å². The number of nitrogens with one attached hydrogen (secondary N) is 1. The lowest BCUT2D eigenvalue weighted by Gasteiger charge is -2.33. The summed E-state index contributed by atoms with van der Waals surface area (Å²) in [5.74, 6) is 3.27. The van der Waals surface area contributed by atoms with Gasteiger partial charge in [-0.25, -0.2) is 0 Å². The lowest BCUT2D eigenvalue weighted by Crippen LogP contribution is -2.46. The van der Waals surface area contributed by atoms with Crippen LogP contribution in [0.2, 0.25) is 0 Å². The van der Waals surface area contributed by atoms with Crippen molar-refractivity contribution in [2.75, 3.05) is 13.1 Å². The van der Waals surface area contributed by atoms with Gasteiger partial charge in [0.1, 0.15) is 0 Å². The Balaban J connectivity index is 1.36. The zero-order valence-electron chi connectivity index (χ0n) is 13.4. The molecule has 122 valence electrons. The quantitative estimate of drug-likeness (QED) is 0.870. The molecule has 4 aliphatic rings. The van der Waals surface area contributed by atoms with Gasteiger partial charge in [-0.2, -0.15) is 0 Å². The Morgan fingerprint density at radius 2 is 2.09 bits per heavy atom. The van der Waals surface area contributed by atoms with E-state index in [0.717, 1.165) is 37.1 Å². The van der Waals surface area contributed by atoms with Crippen molar-refractivity contribution in [3.8, 4) is 0 Å². The van der Waals surface area contributed by atoms with E-state index in [0.29, 0.717) is 24.9 Å². The Kier molecular flexibility index (Phi) is 3.87. The first-order valence-corrected chi connectivity index (χ1v) is 9.28. The van der Waals surface area contributed by atoms with E-state index in [1.165, 1.54) is 38.5 Å². The molecule has 5 atom stereocenters. The fourth-order valence-corrected chi connectivity index (χ4v) is 5.56. The molecule has 0 aromatic heterocycles. The lowest BCUT2D eigenvalue weighted by atomic mass is 9.83. The van der Waals surface area contributed by atoms with Gasteiger partial charge in [-0.1, -0.05) is 6.42 Å². The Labute approximate surface area is 133 Å². The average molecular weight is 304 g/mol. The average Bonchev–Trinajstić information content (AvgIpc) is 3.24. The van der Waals surface area contributed by atoms with Crippen molar-refractivity contribution in [1.82, 2.24) is 10.2 Å². The highest BCUT2D eigenvalue weighted by molar-refractivity contribution is 5.84. The summed E-state index contributed by atoms with van der Waals surface area (Å²) in [5, 5.41) is 2.86. The second-order valence-corrected chi connectivity index (χ2v) is 8.04. The first kappa shape index (κ1) is 14.5. The Bertz CT molecular complexity index is 454. The Morgan fingerprint density at radius 1 is 1.18 bits per heavy atom. The van der Waals surface area contributed by atoms with Crippen LogP contribution in [-0.4, -0.2) is 35.8 Å². The standard InChI is InChI=1S/C18H28N2O2/c21-17-6-5-14(11-19-17)18(22)20-7-1-2-16(20)10-15-9-12-3-4-13(15)8-12/h12-16H,1-11H2,(H,19,21)/t12-,13-,14-,15+,16-/m1/s1. The number of fused-ring (bicyclic) bond motifs is 2. The highest BCUT2D eigenvalue weighted by atomic mass is 16.2. The van der Waals surface area contributed by atoms with E-state index in [4.69, 9.17) is 0 Å². The number of rotatable bonds is 3. The van der Waals surface area contributed by atoms with E-state index in [-0.39, 0.29) is 11.8 Å². The maximum atomic E-state index is 12.8. The molecule has 2 bridgehead atoms. The molecule has 1 N–H and O–H groups in total. The molecule has 22 heavy (non-hydrogen) atoms. The van der Waals surface area contributed by atoms with Crippen molar-refractivity contribution in [3.05, 3.63) is 0 Å². The summed E-state index contributed by atoms with van der Waals surface area (Å²) < 4.78 is 0. The van der Waals surface area contributed by atoms with Gasteiger partial charge >= 0.3 is 0 Å². The van der Waals surface area contributed by atoms with Crippen LogP contribution in [0.1, 0.15) is 57.8 Å². The third-order valence-corrected chi connectivity index (χ3v) is 6.73. The largest absolute Gasteiger partial charge is 0.355 e. The van der Waals surface area contributed by atoms with Gasteiger partial charge in [0.25, 0.3) is 0 Å². The minimum absolute atomic E-state index is 0.0262. The van der Waals surface area contributed by atoms with Crippen LogP contribution < -0.4 is 5.32 Å². The van der Waals surface area contributed by atoms with Crippen LogP contribution in [0, 0.1) is 23.7 Å². The SMILES string of the molecule is O=C1CC[C@@H](C(=O)N2CCC[C@@H]2C[C@@H]2C[C@@H]3CC[C@@H]2C3)CN1. The van der Waals surface area contributed by atoms with Gasteiger partial charge in [0.15, 0.2) is 0 Å². The zero-order valence-corrected chi connectivity index (χ0v) is 13.4. The van der Waals surface area contributed by atoms with Gasteiger partial charge in [0.05, 0.1) is 5.92 Å². The molecule has 4 fully saturated rings. The number of hydrogen-bond acceptors (Lipinski definition) is 2. The third-order valence-electron chi connectivity index (χ3n) is 6.73. The fraction of sp³-hybridized carbons (Fsp3) is 0.889. The van der Waals surface area contributed by atoms with E-state index in [2.05, 4.69) is 10.2 Å². The van der Waals surface area contributed by atoms with Crippen LogP contribution in [0.4, 0.5) is 0 Å². The lowest BCUT2D eigenvalue weighted by molar-refractivity contribution is -0.138. The van der Waals surface area contributed by atoms with Crippen molar-refractivity contribution in [2.45, 2.75) is 63.8 Å². The van der Waals surface area contributed by atoms with Gasteiger partial charge < -0.3 is 10.2 Å². The number of piperidine rings is 1. The summed E-state index contributed by atoms with van der Waals surface area (Å²) in [6.07, 6.45) is 10.6. The fourth-order valence-electron chi connectivity index (χ4n) is 5.56. The van der Waals surface area contributed by atoms with Gasteiger partial charge in [-0.15, -0.1) is 0 Å². The number of hydrogen-bond donors (Lipinski definition) is 1. The minimum atomic E-state index is 0.0262. The number of carbonyl (C=O) groups is 2. The molecule has 2 aliphatic heterocycles. The van der Waals surface area contributed by atoms with Crippen molar-refractivity contribution < 1.29 is 9.59 Å². The number of likely N-dealkylation sites (tertiary alicyclic amines) is 1. The van der Waals surface area contributed by atoms with Crippen molar-refractivity contribution in [1.29, 1.82) is 0 Å². The molecule has 2 amide bonds. The van der Waals surface area contributed by atoms with Crippen LogP contribution >= 0.6 is 0 Å². The van der Waals surface area contributed by atoms with Crippen LogP contribution in [0.25, 0.3) is 0 Å². The van der Waals surface area contributed by atoms with Gasteiger partial charge in [0.2, 0.25) is 11.8 Å². The topological polar surface area (TPSA) is 49.4 Å². The summed E-state index contributed by atoms with van der Waals surface area (Å²) in [6.45, 7) is 1.49. The van der Waals surface area contributed by atoms with Crippen LogP contribution in [0.5, 0.6) is 0 Å². The first-order chi connectivity index (χ1) is 10.7. The van der Waals surface area contributed by atoms with E-state index >= 15 is 0 Å². The molecule has 0 aromatic carbocycles. The highest BCUT2D eigenvalue weighted by Gasteiger charge is 2.42. The smallest absolute Gasteiger partial charge is 0.227 e. The summed E-state index contributed by atoms with van der Waals surface area (Å²) in [7, 11) is 0. The molecule has 4 heteroatoms. The van der Waals surface area contributed by atoms with Crippen molar-refractivity contribution in [2.24, 2.45) is 23.7 Å². The molecular weight excluding hydrogens is 276 g/mol. The Hall–Kier alpha value is -1.06. The molecule has 2 aliphatic carbocycles. The molecule has 0 spiro atoms. The van der Waals surface area contributed by atoms with Crippen LogP contribution in [-0.2, 0) is 9.59 Å². The molecule has 2 saturated carbocycles. The zero-order chi connectivity index (χ0) is 15.1. The number of nitrogens with zero attached hydrogens (tertiary/aromatic N) is 1. The summed E-state index contributed by atoms with van der Waals surface area (Å²) >= 11 is 0.